The molecule has 0 aromatic carbocycles. The van der Waals surface area contributed by atoms with Gasteiger partial charge in [-0.25, -0.2) is 4.79 Å². The van der Waals surface area contributed by atoms with E-state index >= 15 is 0 Å². The molecule has 74 valence electrons. The Kier molecular flexibility index (Phi) is 2.64. The molecule has 0 aliphatic carbocycles. The minimum Gasteiger partial charge on any atom is -0.465 e. The van der Waals surface area contributed by atoms with Crippen molar-refractivity contribution in [3.05, 3.63) is 12.3 Å². The molecule has 1 unspecified atom stereocenters. The maximum atomic E-state index is 10.9. The fourth-order valence-corrected chi connectivity index (χ4v) is 1.73. The van der Waals surface area contributed by atoms with E-state index in [2.05, 4.69) is 20.8 Å². The molecular weight excluding hydrogens is 166 g/mol. The summed E-state index contributed by atoms with van der Waals surface area (Å²) in [5.41, 5.74) is 0.0170. The zero-order valence-corrected chi connectivity index (χ0v) is 8.45. The first-order valence-corrected chi connectivity index (χ1v) is 4.61. The third kappa shape index (κ3) is 2.23. The molecule has 1 amide bonds. The quantitative estimate of drug-likeness (QED) is 0.627. The Hall–Kier alpha value is -0.990. The fraction of sp³-hybridized carbons (Fsp3) is 0.700. The zero-order chi connectivity index (χ0) is 10.1. The second-order valence-electron chi connectivity index (χ2n) is 4.53. The molecule has 1 rings (SSSR count). The molecule has 0 aromatic rings. The van der Waals surface area contributed by atoms with Gasteiger partial charge in [0.25, 0.3) is 0 Å². The number of carboxylic acid groups (broad SMARTS) is 1. The minimum atomic E-state index is -0.851. The second-order valence-corrected chi connectivity index (χ2v) is 4.53. The Balaban J connectivity index is 2.84. The standard InChI is InChI=1S/C10H17NO2/c1-10(2,3)8-6-4-5-7-11(8)9(12)13/h5,7-8H,4,6H2,1-3H3,(H,12,13). The van der Waals surface area contributed by atoms with Gasteiger partial charge in [0.15, 0.2) is 0 Å². The average Bonchev–Trinajstić information content (AvgIpc) is 2.03. The smallest absolute Gasteiger partial charge is 0.411 e. The maximum Gasteiger partial charge on any atom is 0.411 e. The number of allylic oxidation sites excluding steroid dienone is 1. The van der Waals surface area contributed by atoms with E-state index in [-0.39, 0.29) is 11.5 Å². The van der Waals surface area contributed by atoms with Crippen molar-refractivity contribution in [2.45, 2.75) is 39.7 Å². The topological polar surface area (TPSA) is 40.5 Å². The van der Waals surface area contributed by atoms with Gasteiger partial charge in [0.2, 0.25) is 0 Å². The Labute approximate surface area is 79.0 Å². The van der Waals surface area contributed by atoms with E-state index < -0.39 is 6.09 Å². The summed E-state index contributed by atoms with van der Waals surface area (Å²) in [6, 6.07) is 0.106. The van der Waals surface area contributed by atoms with Gasteiger partial charge >= 0.3 is 6.09 Å². The largest absolute Gasteiger partial charge is 0.465 e. The normalized spacial score (nSPS) is 23.3. The lowest BCUT2D eigenvalue weighted by Gasteiger charge is -2.38. The summed E-state index contributed by atoms with van der Waals surface area (Å²) in [6.45, 7) is 6.23. The molecule has 0 spiro atoms. The van der Waals surface area contributed by atoms with E-state index in [0.717, 1.165) is 12.8 Å². The van der Waals surface area contributed by atoms with E-state index in [9.17, 15) is 4.79 Å². The van der Waals surface area contributed by atoms with Gasteiger partial charge in [0.1, 0.15) is 0 Å². The molecule has 1 N–H and O–H groups in total. The maximum absolute atomic E-state index is 10.9. The van der Waals surface area contributed by atoms with Crippen molar-refractivity contribution in [3.8, 4) is 0 Å². The number of hydrogen-bond acceptors (Lipinski definition) is 1. The lowest BCUT2D eigenvalue weighted by Crippen LogP contribution is -2.45. The number of carbonyl (C=O) groups is 1. The highest BCUT2D eigenvalue weighted by Crippen LogP contribution is 2.30. The van der Waals surface area contributed by atoms with E-state index in [1.807, 2.05) is 6.08 Å². The van der Waals surface area contributed by atoms with Crippen LogP contribution in [0.3, 0.4) is 0 Å². The predicted molar refractivity (Wildman–Crippen MR) is 51.5 cm³/mol. The number of nitrogens with zero attached hydrogens (tertiary/aromatic N) is 1. The molecule has 13 heavy (non-hydrogen) atoms. The van der Waals surface area contributed by atoms with Crippen LogP contribution in [0, 0.1) is 5.41 Å². The zero-order valence-electron chi connectivity index (χ0n) is 8.45. The Morgan fingerprint density at radius 3 is 2.54 bits per heavy atom. The Bertz CT molecular complexity index is 228. The van der Waals surface area contributed by atoms with Crippen molar-refractivity contribution >= 4 is 6.09 Å². The van der Waals surface area contributed by atoms with Crippen LogP contribution < -0.4 is 0 Å². The lowest BCUT2D eigenvalue weighted by molar-refractivity contribution is 0.102. The number of rotatable bonds is 0. The van der Waals surface area contributed by atoms with Crippen molar-refractivity contribution in [1.82, 2.24) is 4.90 Å². The molecule has 0 saturated carbocycles. The van der Waals surface area contributed by atoms with Gasteiger partial charge in [-0.3, -0.25) is 4.90 Å². The molecule has 0 fully saturated rings. The monoisotopic (exact) mass is 183 g/mol. The van der Waals surface area contributed by atoms with Crippen molar-refractivity contribution in [2.24, 2.45) is 5.41 Å². The average molecular weight is 183 g/mol. The first-order valence-electron chi connectivity index (χ1n) is 4.61. The summed E-state index contributed by atoms with van der Waals surface area (Å²) >= 11 is 0. The van der Waals surface area contributed by atoms with E-state index in [0.29, 0.717) is 0 Å². The highest BCUT2D eigenvalue weighted by Gasteiger charge is 2.33. The summed E-state index contributed by atoms with van der Waals surface area (Å²) in [6.07, 6.45) is 4.65. The molecule has 1 aliphatic heterocycles. The molecule has 3 heteroatoms. The molecule has 1 heterocycles. The molecule has 0 saturated heterocycles. The summed E-state index contributed by atoms with van der Waals surface area (Å²) in [7, 11) is 0. The highest BCUT2D eigenvalue weighted by molar-refractivity contribution is 5.67. The predicted octanol–water partition coefficient (Wildman–Crippen LogP) is 2.69. The van der Waals surface area contributed by atoms with E-state index in [1.54, 1.807) is 6.20 Å². The Morgan fingerprint density at radius 1 is 1.54 bits per heavy atom. The summed E-state index contributed by atoms with van der Waals surface area (Å²) in [5.74, 6) is 0. The van der Waals surface area contributed by atoms with Crippen LogP contribution >= 0.6 is 0 Å². The number of hydrogen-bond donors (Lipinski definition) is 1. The Morgan fingerprint density at radius 2 is 2.15 bits per heavy atom. The molecule has 1 atom stereocenters. The SMILES string of the molecule is CC(C)(C)C1CCC=CN1C(=O)O. The third-order valence-corrected chi connectivity index (χ3v) is 2.43. The molecule has 3 nitrogen and oxygen atoms in total. The van der Waals surface area contributed by atoms with Crippen molar-refractivity contribution in [2.75, 3.05) is 0 Å². The van der Waals surface area contributed by atoms with Gasteiger partial charge in [0, 0.05) is 12.2 Å². The van der Waals surface area contributed by atoms with Crippen LogP contribution in [0.5, 0.6) is 0 Å². The van der Waals surface area contributed by atoms with Crippen molar-refractivity contribution in [3.63, 3.8) is 0 Å². The van der Waals surface area contributed by atoms with Gasteiger partial charge < -0.3 is 5.11 Å². The summed E-state index contributed by atoms with van der Waals surface area (Å²) in [4.78, 5) is 12.3. The van der Waals surface area contributed by atoms with Crippen LogP contribution in [0.15, 0.2) is 12.3 Å². The lowest BCUT2D eigenvalue weighted by atomic mass is 9.82. The van der Waals surface area contributed by atoms with Gasteiger partial charge in [0.05, 0.1) is 0 Å². The molecular formula is C10H17NO2. The van der Waals surface area contributed by atoms with Gasteiger partial charge in [-0.15, -0.1) is 0 Å². The number of amides is 1. The summed E-state index contributed by atoms with van der Waals surface area (Å²) in [5, 5.41) is 8.95. The summed E-state index contributed by atoms with van der Waals surface area (Å²) < 4.78 is 0. The third-order valence-electron chi connectivity index (χ3n) is 2.43. The molecule has 1 aliphatic rings. The van der Waals surface area contributed by atoms with Crippen LogP contribution in [0.25, 0.3) is 0 Å². The van der Waals surface area contributed by atoms with E-state index in [1.165, 1.54) is 4.90 Å². The minimum absolute atomic E-state index is 0.0170. The fourth-order valence-electron chi connectivity index (χ4n) is 1.73. The van der Waals surface area contributed by atoms with Crippen LogP contribution in [0.2, 0.25) is 0 Å². The van der Waals surface area contributed by atoms with Crippen molar-refractivity contribution < 1.29 is 9.90 Å². The van der Waals surface area contributed by atoms with Gasteiger partial charge in [-0.2, -0.15) is 0 Å². The van der Waals surface area contributed by atoms with Crippen molar-refractivity contribution in [1.29, 1.82) is 0 Å². The van der Waals surface area contributed by atoms with Crippen LogP contribution in [-0.4, -0.2) is 22.1 Å². The van der Waals surface area contributed by atoms with Crippen LogP contribution in [0.4, 0.5) is 4.79 Å². The molecule has 0 radical (unpaired) electrons. The van der Waals surface area contributed by atoms with E-state index in [4.69, 9.17) is 5.11 Å². The van der Waals surface area contributed by atoms with Crippen LogP contribution in [0.1, 0.15) is 33.6 Å². The van der Waals surface area contributed by atoms with Gasteiger partial charge in [-0.05, 0) is 18.3 Å². The van der Waals surface area contributed by atoms with Gasteiger partial charge in [-0.1, -0.05) is 26.8 Å². The first kappa shape index (κ1) is 10.1. The first-order chi connectivity index (χ1) is 5.93. The second kappa shape index (κ2) is 3.40. The molecule has 0 aromatic heterocycles. The highest BCUT2D eigenvalue weighted by atomic mass is 16.4. The van der Waals surface area contributed by atoms with Crippen LogP contribution in [-0.2, 0) is 0 Å². The molecule has 0 bridgehead atoms.